The van der Waals surface area contributed by atoms with Gasteiger partial charge in [-0.2, -0.15) is 5.26 Å². The monoisotopic (exact) mass is 391 g/mol. The summed E-state index contributed by atoms with van der Waals surface area (Å²) in [4.78, 5) is 15.0. The summed E-state index contributed by atoms with van der Waals surface area (Å²) in [6.07, 6.45) is 1.95. The molecule has 1 aliphatic rings. The van der Waals surface area contributed by atoms with Crippen LogP contribution in [0, 0.1) is 17.2 Å². The van der Waals surface area contributed by atoms with Crippen molar-refractivity contribution in [3.05, 3.63) is 65.2 Å². The van der Waals surface area contributed by atoms with Gasteiger partial charge >= 0.3 is 0 Å². The number of nitrogens with one attached hydrogen (secondary N) is 1. The summed E-state index contributed by atoms with van der Waals surface area (Å²) in [6.45, 7) is 7.73. The lowest BCUT2D eigenvalue weighted by Crippen LogP contribution is -2.36. The predicted molar refractivity (Wildman–Crippen MR) is 113 cm³/mol. The van der Waals surface area contributed by atoms with Crippen LogP contribution in [-0.4, -0.2) is 30.0 Å². The molecule has 2 aromatic rings. The molecule has 5 nitrogen and oxygen atoms in total. The molecule has 1 heterocycles. The normalized spacial score (nSPS) is 17.9. The van der Waals surface area contributed by atoms with E-state index in [2.05, 4.69) is 41.4 Å². The fourth-order valence-corrected chi connectivity index (χ4v) is 3.75. The fourth-order valence-electron chi connectivity index (χ4n) is 3.75. The predicted octanol–water partition coefficient (Wildman–Crippen LogP) is 3.87. The second kappa shape index (κ2) is 10.1. The molecule has 1 amide bonds. The molecule has 0 spiro atoms. The SMILES string of the molecule is CC1CCCN(Cc2ccccc2CNC(=O)C(C)Oc2ccc(C#N)cc2)C1. The van der Waals surface area contributed by atoms with Gasteiger partial charge in [0.15, 0.2) is 6.10 Å². The molecule has 5 heteroatoms. The van der Waals surface area contributed by atoms with E-state index in [1.54, 1.807) is 31.2 Å². The number of carbonyl (C=O) groups is 1. The molecule has 1 aliphatic heterocycles. The minimum absolute atomic E-state index is 0.157. The van der Waals surface area contributed by atoms with E-state index in [1.807, 2.05) is 6.07 Å². The lowest BCUT2D eigenvalue weighted by molar-refractivity contribution is -0.127. The van der Waals surface area contributed by atoms with Crippen molar-refractivity contribution in [2.45, 2.75) is 45.9 Å². The first-order valence-electron chi connectivity index (χ1n) is 10.3. The van der Waals surface area contributed by atoms with E-state index in [9.17, 15) is 4.79 Å². The lowest BCUT2D eigenvalue weighted by atomic mass is 9.99. The highest BCUT2D eigenvalue weighted by Crippen LogP contribution is 2.20. The molecule has 1 saturated heterocycles. The average molecular weight is 392 g/mol. The molecule has 0 aliphatic carbocycles. The van der Waals surface area contributed by atoms with E-state index in [0.717, 1.165) is 31.1 Å². The maximum absolute atomic E-state index is 12.5. The Kier molecular flexibility index (Phi) is 7.26. The van der Waals surface area contributed by atoms with Crippen LogP contribution in [0.5, 0.6) is 5.75 Å². The summed E-state index contributed by atoms with van der Waals surface area (Å²) in [7, 11) is 0. The van der Waals surface area contributed by atoms with Gasteiger partial charge in [-0.1, -0.05) is 31.2 Å². The van der Waals surface area contributed by atoms with Gasteiger partial charge in [-0.3, -0.25) is 9.69 Å². The van der Waals surface area contributed by atoms with E-state index in [4.69, 9.17) is 10.00 Å². The van der Waals surface area contributed by atoms with Crippen LogP contribution in [0.25, 0.3) is 0 Å². The Morgan fingerprint density at radius 1 is 1.24 bits per heavy atom. The highest BCUT2D eigenvalue weighted by Gasteiger charge is 2.18. The number of hydrogen-bond donors (Lipinski definition) is 1. The van der Waals surface area contributed by atoms with Gasteiger partial charge in [-0.25, -0.2) is 0 Å². The summed E-state index contributed by atoms with van der Waals surface area (Å²) >= 11 is 0. The third kappa shape index (κ3) is 6.07. The molecule has 1 fully saturated rings. The first-order valence-corrected chi connectivity index (χ1v) is 10.3. The molecule has 2 aromatic carbocycles. The molecule has 152 valence electrons. The third-order valence-corrected chi connectivity index (χ3v) is 5.37. The van der Waals surface area contributed by atoms with Crippen LogP contribution in [0.4, 0.5) is 0 Å². The molecule has 3 rings (SSSR count). The quantitative estimate of drug-likeness (QED) is 0.778. The highest BCUT2D eigenvalue weighted by atomic mass is 16.5. The number of hydrogen-bond acceptors (Lipinski definition) is 4. The van der Waals surface area contributed by atoms with E-state index in [0.29, 0.717) is 17.9 Å². The van der Waals surface area contributed by atoms with Crippen LogP contribution in [0.15, 0.2) is 48.5 Å². The Morgan fingerprint density at radius 2 is 1.97 bits per heavy atom. The topological polar surface area (TPSA) is 65.4 Å². The van der Waals surface area contributed by atoms with Crippen molar-refractivity contribution in [2.75, 3.05) is 13.1 Å². The minimum atomic E-state index is -0.613. The van der Waals surface area contributed by atoms with Crippen molar-refractivity contribution in [3.63, 3.8) is 0 Å². The molecular formula is C24H29N3O2. The van der Waals surface area contributed by atoms with Crippen LogP contribution in [-0.2, 0) is 17.9 Å². The number of rotatable bonds is 7. The Balaban J connectivity index is 1.54. The number of benzene rings is 2. The summed E-state index contributed by atoms with van der Waals surface area (Å²) < 4.78 is 5.70. The van der Waals surface area contributed by atoms with Gasteiger partial charge in [0, 0.05) is 19.6 Å². The van der Waals surface area contributed by atoms with Crippen LogP contribution in [0.3, 0.4) is 0 Å². The standard InChI is InChI=1S/C24H29N3O2/c1-18-6-5-13-27(16-18)17-22-8-4-3-7-21(22)15-26-24(28)19(2)29-23-11-9-20(14-25)10-12-23/h3-4,7-12,18-19H,5-6,13,15-17H2,1-2H3,(H,26,28). The van der Waals surface area contributed by atoms with Crippen LogP contribution in [0.2, 0.25) is 0 Å². The summed E-state index contributed by atoms with van der Waals surface area (Å²) in [6, 6.07) is 17.1. The molecule has 0 bridgehead atoms. The Bertz CT molecular complexity index is 857. The summed E-state index contributed by atoms with van der Waals surface area (Å²) in [5.74, 6) is 1.16. The number of nitriles is 1. The Labute approximate surface area is 173 Å². The van der Waals surface area contributed by atoms with Gasteiger partial charge in [-0.15, -0.1) is 0 Å². The zero-order chi connectivity index (χ0) is 20.6. The summed E-state index contributed by atoms with van der Waals surface area (Å²) in [5, 5.41) is 11.9. The smallest absolute Gasteiger partial charge is 0.261 e. The maximum Gasteiger partial charge on any atom is 0.261 e. The van der Waals surface area contributed by atoms with Crippen molar-refractivity contribution in [1.82, 2.24) is 10.2 Å². The first-order chi connectivity index (χ1) is 14.0. The largest absolute Gasteiger partial charge is 0.481 e. The van der Waals surface area contributed by atoms with Crippen LogP contribution in [0.1, 0.15) is 43.4 Å². The maximum atomic E-state index is 12.5. The van der Waals surface area contributed by atoms with Gasteiger partial charge in [-0.05, 0) is 67.6 Å². The summed E-state index contributed by atoms with van der Waals surface area (Å²) in [5.41, 5.74) is 2.97. The van der Waals surface area contributed by atoms with E-state index >= 15 is 0 Å². The molecule has 0 aromatic heterocycles. The Hall–Kier alpha value is -2.84. The van der Waals surface area contributed by atoms with Gasteiger partial charge in [0.05, 0.1) is 11.6 Å². The van der Waals surface area contributed by atoms with Crippen LogP contribution >= 0.6 is 0 Å². The third-order valence-electron chi connectivity index (χ3n) is 5.37. The zero-order valence-corrected chi connectivity index (χ0v) is 17.2. The number of ether oxygens (including phenoxy) is 1. The van der Waals surface area contributed by atoms with Crippen LogP contribution < -0.4 is 10.1 Å². The number of nitrogens with zero attached hydrogens (tertiary/aromatic N) is 2. The van der Waals surface area contributed by atoms with E-state index in [-0.39, 0.29) is 5.91 Å². The van der Waals surface area contributed by atoms with E-state index in [1.165, 1.54) is 18.4 Å². The number of carbonyl (C=O) groups excluding carboxylic acids is 1. The molecule has 1 N–H and O–H groups in total. The Morgan fingerprint density at radius 3 is 2.66 bits per heavy atom. The molecule has 2 atom stereocenters. The van der Waals surface area contributed by atoms with Crippen molar-refractivity contribution in [1.29, 1.82) is 5.26 Å². The molecule has 0 radical (unpaired) electrons. The highest BCUT2D eigenvalue weighted by molar-refractivity contribution is 5.80. The molecular weight excluding hydrogens is 362 g/mol. The molecule has 29 heavy (non-hydrogen) atoms. The zero-order valence-electron chi connectivity index (χ0n) is 17.2. The van der Waals surface area contributed by atoms with Gasteiger partial charge in [0.1, 0.15) is 5.75 Å². The van der Waals surface area contributed by atoms with Crippen molar-refractivity contribution < 1.29 is 9.53 Å². The van der Waals surface area contributed by atoms with Crippen molar-refractivity contribution in [3.8, 4) is 11.8 Å². The second-order valence-corrected chi connectivity index (χ2v) is 7.87. The lowest BCUT2D eigenvalue weighted by Gasteiger charge is -2.31. The number of likely N-dealkylation sites (tertiary alicyclic amines) is 1. The van der Waals surface area contributed by atoms with E-state index < -0.39 is 6.10 Å². The first kappa shape index (κ1) is 20.9. The minimum Gasteiger partial charge on any atom is -0.481 e. The van der Waals surface area contributed by atoms with Gasteiger partial charge < -0.3 is 10.1 Å². The van der Waals surface area contributed by atoms with Gasteiger partial charge in [0.25, 0.3) is 5.91 Å². The number of amides is 1. The number of piperidine rings is 1. The average Bonchev–Trinajstić information content (AvgIpc) is 2.73. The second-order valence-electron chi connectivity index (χ2n) is 7.87. The molecule has 0 saturated carbocycles. The van der Waals surface area contributed by atoms with Gasteiger partial charge in [0.2, 0.25) is 0 Å². The van der Waals surface area contributed by atoms with Crippen molar-refractivity contribution in [2.24, 2.45) is 5.92 Å². The fraction of sp³-hybridized carbons (Fsp3) is 0.417. The molecule has 2 unspecified atom stereocenters. The van der Waals surface area contributed by atoms with Crippen molar-refractivity contribution >= 4 is 5.91 Å².